The summed E-state index contributed by atoms with van der Waals surface area (Å²) in [4.78, 5) is 15.4. The Labute approximate surface area is 323 Å². The number of para-hydroxylation sites is 2. The predicted molar refractivity (Wildman–Crippen MR) is 225 cm³/mol. The molecule has 0 radical (unpaired) electrons. The maximum Gasteiger partial charge on any atom is 0.167 e. The van der Waals surface area contributed by atoms with E-state index in [0.717, 1.165) is 44.2 Å². The molecule has 0 unspecified atom stereocenters. The van der Waals surface area contributed by atoms with Crippen LogP contribution in [-0.2, 0) is 5.41 Å². The van der Waals surface area contributed by atoms with Gasteiger partial charge in [-0.1, -0.05) is 170 Å². The van der Waals surface area contributed by atoms with Gasteiger partial charge in [0.05, 0.1) is 11.0 Å². The van der Waals surface area contributed by atoms with E-state index in [-0.39, 0.29) is 0 Å². The van der Waals surface area contributed by atoms with Crippen molar-refractivity contribution in [3.63, 3.8) is 0 Å². The van der Waals surface area contributed by atoms with Gasteiger partial charge < -0.3 is 4.42 Å². The van der Waals surface area contributed by atoms with Crippen LogP contribution in [0.15, 0.2) is 192 Å². The Morgan fingerprint density at radius 1 is 0.339 bits per heavy atom. The summed E-state index contributed by atoms with van der Waals surface area (Å²) in [5.41, 5.74) is 16.6. The minimum absolute atomic E-state index is 0.405. The van der Waals surface area contributed by atoms with Crippen LogP contribution in [0.3, 0.4) is 0 Å². The molecule has 56 heavy (non-hydrogen) atoms. The average Bonchev–Trinajstić information content (AvgIpc) is 3.91. The van der Waals surface area contributed by atoms with Gasteiger partial charge in [0.15, 0.2) is 17.5 Å². The van der Waals surface area contributed by atoms with Crippen molar-refractivity contribution in [3.8, 4) is 67.5 Å². The molecule has 1 spiro atoms. The molecule has 2 aliphatic rings. The molecule has 2 heterocycles. The van der Waals surface area contributed by atoms with Crippen LogP contribution in [-0.4, -0.2) is 15.0 Å². The standard InChI is InChI=1S/C52H31N3O/c1-2-15-32(16-3-1)49-53-50(55-51(54-49)41-25-13-24-39-38-21-7-11-30-46(38)56-48(39)41)34-18-12-17-33(31-34)35-23-14-29-45-47(35)40-22-6-10-28-44(40)52(45)42-26-8-4-19-36(42)37-20-5-9-27-43(37)52/h1-31H. The lowest BCUT2D eigenvalue weighted by Crippen LogP contribution is -2.25. The van der Waals surface area contributed by atoms with E-state index in [2.05, 4.69) is 127 Å². The Morgan fingerprint density at radius 2 is 0.839 bits per heavy atom. The van der Waals surface area contributed by atoms with Gasteiger partial charge in [0.1, 0.15) is 11.2 Å². The van der Waals surface area contributed by atoms with E-state index in [0.29, 0.717) is 17.5 Å². The Morgan fingerprint density at radius 3 is 1.62 bits per heavy atom. The summed E-state index contributed by atoms with van der Waals surface area (Å²) in [6.07, 6.45) is 0. The number of hydrogen-bond acceptors (Lipinski definition) is 4. The minimum Gasteiger partial charge on any atom is -0.455 e. The van der Waals surface area contributed by atoms with E-state index in [9.17, 15) is 0 Å². The van der Waals surface area contributed by atoms with Crippen LogP contribution < -0.4 is 0 Å². The van der Waals surface area contributed by atoms with Crippen LogP contribution in [0.1, 0.15) is 22.3 Å². The summed E-state index contributed by atoms with van der Waals surface area (Å²) in [5.74, 6) is 1.78. The van der Waals surface area contributed by atoms with Crippen molar-refractivity contribution in [1.29, 1.82) is 0 Å². The minimum atomic E-state index is -0.405. The highest BCUT2D eigenvalue weighted by Crippen LogP contribution is 2.63. The number of benzene rings is 8. The zero-order valence-electron chi connectivity index (χ0n) is 30.1. The van der Waals surface area contributed by atoms with Gasteiger partial charge in [0.25, 0.3) is 0 Å². The highest BCUT2D eigenvalue weighted by molar-refractivity contribution is 6.09. The summed E-state index contributed by atoms with van der Waals surface area (Å²) in [6, 6.07) is 66.8. The van der Waals surface area contributed by atoms with Gasteiger partial charge in [0, 0.05) is 21.9 Å². The summed E-state index contributed by atoms with van der Waals surface area (Å²) >= 11 is 0. The molecule has 0 amide bonds. The van der Waals surface area contributed by atoms with Gasteiger partial charge in [-0.15, -0.1) is 0 Å². The van der Waals surface area contributed by atoms with Crippen LogP contribution in [0.4, 0.5) is 0 Å². The molecule has 0 N–H and O–H groups in total. The second-order valence-electron chi connectivity index (χ2n) is 14.6. The third-order valence-electron chi connectivity index (χ3n) is 11.8. The second-order valence-corrected chi connectivity index (χ2v) is 14.6. The van der Waals surface area contributed by atoms with E-state index in [1.807, 2.05) is 60.7 Å². The van der Waals surface area contributed by atoms with Crippen LogP contribution in [0, 0.1) is 0 Å². The normalized spacial score (nSPS) is 13.1. The van der Waals surface area contributed by atoms with E-state index in [1.165, 1.54) is 50.1 Å². The fourth-order valence-electron chi connectivity index (χ4n) is 9.48. The third kappa shape index (κ3) is 4.27. The molecule has 4 nitrogen and oxygen atoms in total. The number of nitrogens with zero attached hydrogens (tertiary/aromatic N) is 3. The molecule has 12 rings (SSSR count). The predicted octanol–water partition coefficient (Wildman–Crippen LogP) is 12.8. The Hall–Kier alpha value is -7.43. The highest BCUT2D eigenvalue weighted by atomic mass is 16.3. The molecular weight excluding hydrogens is 683 g/mol. The second kappa shape index (κ2) is 11.8. The monoisotopic (exact) mass is 713 g/mol. The van der Waals surface area contributed by atoms with Crippen molar-refractivity contribution in [2.75, 3.05) is 0 Å². The number of fused-ring (bicyclic) bond motifs is 13. The van der Waals surface area contributed by atoms with Crippen molar-refractivity contribution in [1.82, 2.24) is 15.0 Å². The summed E-state index contributed by atoms with van der Waals surface area (Å²) in [6.45, 7) is 0. The molecule has 8 aromatic carbocycles. The lowest BCUT2D eigenvalue weighted by atomic mass is 9.70. The van der Waals surface area contributed by atoms with Crippen molar-refractivity contribution in [3.05, 3.63) is 210 Å². The van der Waals surface area contributed by atoms with Crippen LogP contribution in [0.2, 0.25) is 0 Å². The molecule has 2 aromatic heterocycles. The lowest BCUT2D eigenvalue weighted by molar-refractivity contribution is 0.669. The first-order valence-electron chi connectivity index (χ1n) is 19.0. The fraction of sp³-hybridized carbons (Fsp3) is 0.0192. The molecular formula is C52H31N3O. The molecule has 2 aliphatic carbocycles. The first-order valence-corrected chi connectivity index (χ1v) is 19.0. The molecule has 0 bridgehead atoms. The lowest BCUT2D eigenvalue weighted by Gasteiger charge is -2.30. The molecule has 0 atom stereocenters. The SMILES string of the molecule is c1ccc(-c2nc(-c3cccc(-c4cccc5c4-c4ccccc4C54c5ccccc5-c5ccccc54)c3)nc(-c3cccc4c3oc3ccccc34)n2)cc1. The number of aromatic nitrogens is 3. The molecule has 4 heteroatoms. The first kappa shape index (κ1) is 31.0. The van der Waals surface area contributed by atoms with Gasteiger partial charge in [0.2, 0.25) is 0 Å². The summed E-state index contributed by atoms with van der Waals surface area (Å²) < 4.78 is 6.46. The van der Waals surface area contributed by atoms with Crippen LogP contribution in [0.25, 0.3) is 89.5 Å². The van der Waals surface area contributed by atoms with Gasteiger partial charge in [-0.25, -0.2) is 15.0 Å². The number of rotatable bonds is 4. The fourth-order valence-corrected chi connectivity index (χ4v) is 9.48. The smallest absolute Gasteiger partial charge is 0.167 e. The van der Waals surface area contributed by atoms with Crippen LogP contribution in [0.5, 0.6) is 0 Å². The molecule has 0 aliphatic heterocycles. The molecule has 260 valence electrons. The quantitative estimate of drug-likeness (QED) is 0.182. The molecule has 0 saturated heterocycles. The van der Waals surface area contributed by atoms with E-state index < -0.39 is 5.41 Å². The van der Waals surface area contributed by atoms with E-state index in [1.54, 1.807) is 0 Å². The number of hydrogen-bond donors (Lipinski definition) is 0. The molecule has 0 fully saturated rings. The molecule has 0 saturated carbocycles. The van der Waals surface area contributed by atoms with Crippen LogP contribution >= 0.6 is 0 Å². The number of furan rings is 1. The zero-order chi connectivity index (χ0) is 36.8. The van der Waals surface area contributed by atoms with Gasteiger partial charge in [-0.05, 0) is 73.8 Å². The average molecular weight is 714 g/mol. The Kier molecular flexibility index (Phi) is 6.52. The highest BCUT2D eigenvalue weighted by Gasteiger charge is 2.51. The Balaban J connectivity index is 1.06. The van der Waals surface area contributed by atoms with Crippen molar-refractivity contribution in [2.45, 2.75) is 5.41 Å². The zero-order valence-corrected chi connectivity index (χ0v) is 30.1. The maximum atomic E-state index is 6.46. The van der Waals surface area contributed by atoms with Crippen molar-refractivity contribution < 1.29 is 4.42 Å². The van der Waals surface area contributed by atoms with E-state index >= 15 is 0 Å². The Bertz CT molecular complexity index is 3170. The maximum absolute atomic E-state index is 6.46. The summed E-state index contributed by atoms with van der Waals surface area (Å²) in [7, 11) is 0. The van der Waals surface area contributed by atoms with Gasteiger partial charge in [-0.3, -0.25) is 0 Å². The first-order chi connectivity index (χ1) is 27.8. The third-order valence-corrected chi connectivity index (χ3v) is 11.8. The topological polar surface area (TPSA) is 51.8 Å². The van der Waals surface area contributed by atoms with Gasteiger partial charge >= 0.3 is 0 Å². The van der Waals surface area contributed by atoms with Crippen molar-refractivity contribution >= 4 is 21.9 Å². The largest absolute Gasteiger partial charge is 0.455 e. The van der Waals surface area contributed by atoms with E-state index in [4.69, 9.17) is 19.4 Å². The molecule has 10 aromatic rings. The summed E-state index contributed by atoms with van der Waals surface area (Å²) in [5, 5.41) is 2.10. The van der Waals surface area contributed by atoms with Crippen molar-refractivity contribution in [2.24, 2.45) is 0 Å². The van der Waals surface area contributed by atoms with Gasteiger partial charge in [-0.2, -0.15) is 0 Å².